The first-order valence-electron chi connectivity index (χ1n) is 6.85. The van der Waals surface area contributed by atoms with E-state index in [2.05, 4.69) is 49.2 Å². The highest BCUT2D eigenvalue weighted by Gasteiger charge is 2.23. The molecule has 3 rings (SSSR count). The normalized spacial score (nSPS) is 23.2. The molecule has 0 bridgehead atoms. The molecule has 2 unspecified atom stereocenters. The highest BCUT2D eigenvalue weighted by atomic mass is 35.5. The maximum Gasteiger partial charge on any atom is 0.258 e. The van der Waals surface area contributed by atoms with Gasteiger partial charge in [0.25, 0.3) is 5.95 Å². The molecule has 0 amide bonds. The van der Waals surface area contributed by atoms with Crippen LogP contribution in [0.15, 0.2) is 12.7 Å². The largest absolute Gasteiger partial charge is 0.351 e. The molecule has 0 saturated carbocycles. The average molecular weight is 309 g/mol. The monoisotopic (exact) mass is 308 g/mol. The number of halogens is 1. The lowest BCUT2D eigenvalue weighted by atomic mass is 9.99. The van der Waals surface area contributed by atoms with Crippen LogP contribution < -0.4 is 5.32 Å². The molecule has 3 heterocycles. The highest BCUT2D eigenvalue weighted by Crippen LogP contribution is 2.19. The lowest BCUT2D eigenvalue weighted by Gasteiger charge is -2.35. The van der Waals surface area contributed by atoms with E-state index in [1.807, 2.05) is 0 Å². The molecule has 1 aliphatic heterocycles. The lowest BCUT2D eigenvalue weighted by Crippen LogP contribution is -2.42. The van der Waals surface area contributed by atoms with Crippen molar-refractivity contribution in [1.29, 1.82) is 0 Å². The molecule has 21 heavy (non-hydrogen) atoms. The Kier molecular flexibility index (Phi) is 3.98. The fraction of sp³-hybridized carbons (Fsp3) is 0.583. The second kappa shape index (κ2) is 5.90. The van der Waals surface area contributed by atoms with Gasteiger partial charge in [0.1, 0.15) is 12.7 Å². The molecule has 8 nitrogen and oxygen atoms in total. The first-order valence-corrected chi connectivity index (χ1v) is 7.23. The van der Waals surface area contributed by atoms with Gasteiger partial charge in [-0.3, -0.25) is 0 Å². The van der Waals surface area contributed by atoms with Gasteiger partial charge in [-0.05, 0) is 38.4 Å². The number of rotatable bonds is 3. The van der Waals surface area contributed by atoms with Crippen LogP contribution in [0.1, 0.15) is 19.8 Å². The van der Waals surface area contributed by atoms with Crippen LogP contribution in [0.3, 0.4) is 0 Å². The zero-order valence-corrected chi connectivity index (χ0v) is 12.7. The van der Waals surface area contributed by atoms with Crippen molar-refractivity contribution in [1.82, 2.24) is 34.6 Å². The number of hydrogen-bond acceptors (Lipinski definition) is 7. The van der Waals surface area contributed by atoms with Gasteiger partial charge in [-0.2, -0.15) is 24.7 Å². The van der Waals surface area contributed by atoms with Gasteiger partial charge in [0.05, 0.1) is 0 Å². The van der Waals surface area contributed by atoms with Crippen LogP contribution in [0.2, 0.25) is 5.28 Å². The predicted octanol–water partition coefficient (Wildman–Crippen LogP) is 1.00. The van der Waals surface area contributed by atoms with Crippen molar-refractivity contribution in [2.45, 2.75) is 31.8 Å². The Morgan fingerprint density at radius 2 is 2.19 bits per heavy atom. The van der Waals surface area contributed by atoms with Crippen molar-refractivity contribution in [2.75, 3.05) is 18.9 Å². The highest BCUT2D eigenvalue weighted by molar-refractivity contribution is 6.28. The van der Waals surface area contributed by atoms with Crippen LogP contribution in [0.4, 0.5) is 5.95 Å². The predicted molar refractivity (Wildman–Crippen MR) is 78.5 cm³/mol. The molecule has 1 saturated heterocycles. The smallest absolute Gasteiger partial charge is 0.258 e. The Morgan fingerprint density at radius 3 is 2.90 bits per heavy atom. The molecule has 112 valence electrons. The van der Waals surface area contributed by atoms with Crippen molar-refractivity contribution < 1.29 is 0 Å². The first-order chi connectivity index (χ1) is 10.1. The van der Waals surface area contributed by atoms with E-state index in [1.165, 1.54) is 17.3 Å². The molecule has 1 fully saturated rings. The van der Waals surface area contributed by atoms with Crippen LogP contribution >= 0.6 is 11.6 Å². The minimum atomic E-state index is 0.138. The van der Waals surface area contributed by atoms with E-state index in [0.717, 1.165) is 19.4 Å². The van der Waals surface area contributed by atoms with E-state index in [4.69, 9.17) is 11.6 Å². The summed E-state index contributed by atoms with van der Waals surface area (Å²) in [5, 5.41) is 7.48. The molecule has 1 N–H and O–H groups in total. The minimum absolute atomic E-state index is 0.138. The number of nitrogens with one attached hydrogen (secondary N) is 1. The third kappa shape index (κ3) is 3.27. The van der Waals surface area contributed by atoms with E-state index >= 15 is 0 Å². The van der Waals surface area contributed by atoms with Crippen LogP contribution in [-0.4, -0.2) is 60.3 Å². The Labute approximate surface area is 127 Å². The number of piperidine rings is 1. The zero-order chi connectivity index (χ0) is 14.8. The summed E-state index contributed by atoms with van der Waals surface area (Å²) in [4.78, 5) is 18.8. The SMILES string of the molecule is CC1CC(Nc2nc(Cl)nc(-n3cncn3)n2)CCN1C. The molecule has 0 aromatic carbocycles. The van der Waals surface area contributed by atoms with Crippen molar-refractivity contribution >= 4 is 17.5 Å². The summed E-state index contributed by atoms with van der Waals surface area (Å²) in [6.45, 7) is 3.27. The average Bonchev–Trinajstić information content (AvgIpc) is 2.96. The molecular weight excluding hydrogens is 292 g/mol. The van der Waals surface area contributed by atoms with E-state index < -0.39 is 0 Å². The Balaban J connectivity index is 1.77. The maximum atomic E-state index is 5.96. The molecule has 0 aliphatic carbocycles. The molecule has 2 atom stereocenters. The van der Waals surface area contributed by atoms with Crippen LogP contribution in [-0.2, 0) is 0 Å². The van der Waals surface area contributed by atoms with Gasteiger partial charge in [0.2, 0.25) is 11.2 Å². The standard InChI is InChI=1S/C12H17ClN8/c1-8-5-9(3-4-20(8)2)16-11-17-10(13)18-12(19-11)21-7-14-6-15-21/h6-9H,3-5H2,1-2H3,(H,16,17,18,19). The maximum absolute atomic E-state index is 5.96. The number of aromatic nitrogens is 6. The van der Waals surface area contributed by atoms with Crippen LogP contribution in [0, 0.1) is 0 Å². The number of likely N-dealkylation sites (tertiary alicyclic amines) is 1. The van der Waals surface area contributed by atoms with E-state index in [1.54, 1.807) is 0 Å². The number of anilines is 1. The topological polar surface area (TPSA) is 84.7 Å². The summed E-state index contributed by atoms with van der Waals surface area (Å²) in [5.41, 5.74) is 0. The Hall–Kier alpha value is -1.80. The van der Waals surface area contributed by atoms with Gasteiger partial charge in [-0.25, -0.2) is 4.98 Å². The molecule has 9 heteroatoms. The summed E-state index contributed by atoms with van der Waals surface area (Å²) in [7, 11) is 2.14. The van der Waals surface area contributed by atoms with Crippen molar-refractivity contribution in [3.8, 4) is 5.95 Å². The summed E-state index contributed by atoms with van der Waals surface area (Å²) >= 11 is 5.96. The number of hydrogen-bond donors (Lipinski definition) is 1. The quantitative estimate of drug-likeness (QED) is 0.905. The molecule has 0 spiro atoms. The zero-order valence-electron chi connectivity index (χ0n) is 11.9. The Morgan fingerprint density at radius 1 is 1.33 bits per heavy atom. The third-order valence-electron chi connectivity index (χ3n) is 3.76. The van der Waals surface area contributed by atoms with Gasteiger partial charge in [-0.1, -0.05) is 0 Å². The lowest BCUT2D eigenvalue weighted by molar-refractivity contribution is 0.190. The number of nitrogens with zero attached hydrogens (tertiary/aromatic N) is 7. The van der Waals surface area contributed by atoms with Crippen molar-refractivity contribution in [3.63, 3.8) is 0 Å². The third-order valence-corrected chi connectivity index (χ3v) is 3.93. The molecule has 1 aliphatic rings. The van der Waals surface area contributed by atoms with E-state index in [0.29, 0.717) is 24.0 Å². The fourth-order valence-corrected chi connectivity index (χ4v) is 2.58. The second-order valence-electron chi connectivity index (χ2n) is 5.26. The van der Waals surface area contributed by atoms with Gasteiger partial charge >= 0.3 is 0 Å². The second-order valence-corrected chi connectivity index (χ2v) is 5.60. The summed E-state index contributed by atoms with van der Waals surface area (Å²) in [6.07, 6.45) is 5.03. The summed E-state index contributed by atoms with van der Waals surface area (Å²) < 4.78 is 1.45. The van der Waals surface area contributed by atoms with Gasteiger partial charge in [-0.15, -0.1) is 0 Å². The van der Waals surface area contributed by atoms with E-state index in [-0.39, 0.29) is 5.28 Å². The van der Waals surface area contributed by atoms with Gasteiger partial charge in [0, 0.05) is 18.6 Å². The Bertz CT molecular complexity index is 601. The molecule has 2 aromatic rings. The van der Waals surface area contributed by atoms with Gasteiger partial charge < -0.3 is 10.2 Å². The molecular formula is C12H17ClN8. The molecule has 0 radical (unpaired) electrons. The summed E-state index contributed by atoms with van der Waals surface area (Å²) in [5.74, 6) is 0.832. The van der Waals surface area contributed by atoms with Crippen molar-refractivity contribution in [3.05, 3.63) is 17.9 Å². The van der Waals surface area contributed by atoms with Crippen LogP contribution in [0.25, 0.3) is 5.95 Å². The van der Waals surface area contributed by atoms with Gasteiger partial charge in [0.15, 0.2) is 0 Å². The van der Waals surface area contributed by atoms with E-state index in [9.17, 15) is 0 Å². The van der Waals surface area contributed by atoms with Crippen LogP contribution in [0.5, 0.6) is 0 Å². The summed E-state index contributed by atoms with van der Waals surface area (Å²) in [6, 6.07) is 0.863. The minimum Gasteiger partial charge on any atom is -0.351 e. The first kappa shape index (κ1) is 14.2. The molecule has 2 aromatic heterocycles. The van der Waals surface area contributed by atoms with Crippen molar-refractivity contribution in [2.24, 2.45) is 0 Å². The fourth-order valence-electron chi connectivity index (χ4n) is 2.42.